The fourth-order valence-electron chi connectivity index (χ4n) is 3.76. The Morgan fingerprint density at radius 2 is 1.79 bits per heavy atom. The van der Waals surface area contributed by atoms with Gasteiger partial charge in [-0.1, -0.05) is 48.5 Å². The van der Waals surface area contributed by atoms with E-state index in [9.17, 15) is 15.2 Å². The molecule has 1 radical (unpaired) electrons. The molecule has 0 bridgehead atoms. The van der Waals surface area contributed by atoms with E-state index < -0.39 is 12.1 Å². The van der Waals surface area contributed by atoms with Crippen molar-refractivity contribution in [1.29, 1.82) is 5.26 Å². The van der Waals surface area contributed by atoms with Crippen LogP contribution in [0, 0.1) is 11.3 Å². The van der Waals surface area contributed by atoms with E-state index in [1.165, 1.54) is 16.3 Å². The van der Waals surface area contributed by atoms with Crippen LogP contribution in [0.4, 0.5) is 0 Å². The van der Waals surface area contributed by atoms with Gasteiger partial charge in [-0.25, -0.2) is 0 Å². The second kappa shape index (κ2) is 12.9. The minimum Gasteiger partial charge on any atom is -0.489 e. The third kappa shape index (κ3) is 8.43. The van der Waals surface area contributed by atoms with Crippen molar-refractivity contribution in [3.8, 4) is 11.8 Å². The number of aryl methyl sites for hydroxylation is 1. The number of β-amino-alcohol motifs (C(OH)–C–C–N with tert-alkyl or cyclic N) is 1. The monoisotopic (exact) mass is 469 g/mol. The van der Waals surface area contributed by atoms with E-state index in [0.717, 1.165) is 12.0 Å². The zero-order valence-electron chi connectivity index (χ0n) is 20.0. The van der Waals surface area contributed by atoms with Gasteiger partial charge in [0.15, 0.2) is 0 Å². The number of carboxylic acids is 1. The van der Waals surface area contributed by atoms with Gasteiger partial charge < -0.3 is 20.3 Å². The van der Waals surface area contributed by atoms with Crippen molar-refractivity contribution in [2.45, 2.75) is 44.8 Å². The molecule has 0 saturated carbocycles. The predicted molar refractivity (Wildman–Crippen MR) is 134 cm³/mol. The molecule has 0 aliphatic rings. The van der Waals surface area contributed by atoms with Crippen LogP contribution in [0.25, 0.3) is 10.8 Å². The van der Waals surface area contributed by atoms with E-state index in [1.54, 1.807) is 18.2 Å². The number of hydrogen-bond donors (Lipinski definition) is 3. The molecule has 0 amide bonds. The molecule has 0 saturated heterocycles. The molecule has 3 aromatic carbocycles. The first-order valence-electron chi connectivity index (χ1n) is 11.0. The zero-order valence-corrected chi connectivity index (χ0v) is 22.0. The summed E-state index contributed by atoms with van der Waals surface area (Å²) >= 11 is 0. The third-order valence-corrected chi connectivity index (χ3v) is 5.50. The molecule has 0 aromatic heterocycles. The van der Waals surface area contributed by atoms with Crippen molar-refractivity contribution >= 4 is 46.3 Å². The molecule has 3 rings (SSSR count). The molecule has 0 spiro atoms. The van der Waals surface area contributed by atoms with Crippen LogP contribution >= 0.6 is 0 Å². The Balaban J connectivity index is 0.00000408. The number of aliphatic hydroxyl groups excluding tert-OH is 1. The standard InChI is InChI=1S/C27H30N2O4.Na/c1-27(2,15-20-7-10-21-5-3-4-6-22(21)14-20)29-17-24(30)18-33-25-11-8-19(9-12-26(31)32)13-23(25)16-28;/h3-8,10-11,13-14,24,29-30H,9,12,15,17-18H2,1-2H3,(H,31,32);/t24-;/m1./s1. The first-order valence-corrected chi connectivity index (χ1v) is 11.0. The number of carbonyl (C=O) groups is 1. The zero-order chi connectivity index (χ0) is 23.8. The Morgan fingerprint density at radius 3 is 2.50 bits per heavy atom. The van der Waals surface area contributed by atoms with Gasteiger partial charge in [0.2, 0.25) is 0 Å². The molecule has 1 atom stereocenters. The van der Waals surface area contributed by atoms with E-state index in [4.69, 9.17) is 9.84 Å². The van der Waals surface area contributed by atoms with Crippen molar-refractivity contribution in [1.82, 2.24) is 5.32 Å². The topological polar surface area (TPSA) is 103 Å². The molecular formula is C27H30N2NaO4. The second-order valence-electron chi connectivity index (χ2n) is 8.92. The maximum atomic E-state index is 10.7. The van der Waals surface area contributed by atoms with Gasteiger partial charge in [-0.3, -0.25) is 4.79 Å². The molecule has 3 N–H and O–H groups in total. The molecule has 3 aromatic rings. The molecule has 0 aliphatic heterocycles. The van der Waals surface area contributed by atoms with Crippen LogP contribution in [-0.2, 0) is 17.6 Å². The van der Waals surface area contributed by atoms with Crippen molar-refractivity contribution in [2.75, 3.05) is 13.2 Å². The number of benzene rings is 3. The van der Waals surface area contributed by atoms with Gasteiger partial charge in [-0.05, 0) is 60.7 Å². The van der Waals surface area contributed by atoms with Gasteiger partial charge in [0, 0.05) is 48.1 Å². The normalized spacial score (nSPS) is 11.9. The van der Waals surface area contributed by atoms with Crippen molar-refractivity contribution in [3.63, 3.8) is 0 Å². The number of ether oxygens (including phenoxy) is 1. The minimum atomic E-state index is -0.881. The van der Waals surface area contributed by atoms with Crippen LogP contribution in [0.1, 0.15) is 37.0 Å². The fraction of sp³-hybridized carbons (Fsp3) is 0.333. The first-order chi connectivity index (χ1) is 15.8. The van der Waals surface area contributed by atoms with Gasteiger partial charge in [0.25, 0.3) is 0 Å². The molecule has 0 fully saturated rings. The summed E-state index contributed by atoms with van der Waals surface area (Å²) in [5, 5.41) is 34.4. The Morgan fingerprint density at radius 1 is 1.09 bits per heavy atom. The maximum Gasteiger partial charge on any atom is 0.303 e. The summed E-state index contributed by atoms with van der Waals surface area (Å²) in [6.07, 6.45) is 0.411. The number of fused-ring (bicyclic) bond motifs is 1. The molecule has 0 aliphatic carbocycles. The van der Waals surface area contributed by atoms with E-state index in [2.05, 4.69) is 55.6 Å². The van der Waals surface area contributed by atoms with Gasteiger partial charge in [-0.2, -0.15) is 5.26 Å². The largest absolute Gasteiger partial charge is 0.489 e. The van der Waals surface area contributed by atoms with Crippen molar-refractivity contribution in [3.05, 3.63) is 77.4 Å². The Hall–Kier alpha value is -2.40. The molecule has 6 nitrogen and oxygen atoms in total. The van der Waals surface area contributed by atoms with E-state index >= 15 is 0 Å². The molecule has 0 unspecified atom stereocenters. The number of hydrogen-bond acceptors (Lipinski definition) is 5. The summed E-state index contributed by atoms with van der Waals surface area (Å²) in [5.41, 5.74) is 2.08. The molecule has 173 valence electrons. The summed E-state index contributed by atoms with van der Waals surface area (Å²) in [7, 11) is 0. The van der Waals surface area contributed by atoms with Crippen molar-refractivity contribution < 1.29 is 19.7 Å². The van der Waals surface area contributed by atoms with Gasteiger partial charge >= 0.3 is 5.97 Å². The van der Waals surface area contributed by atoms with Crippen LogP contribution in [0.15, 0.2) is 60.7 Å². The number of aliphatic hydroxyl groups is 1. The third-order valence-electron chi connectivity index (χ3n) is 5.50. The van der Waals surface area contributed by atoms with Crippen LogP contribution < -0.4 is 10.1 Å². The summed E-state index contributed by atoms with van der Waals surface area (Å²) in [4.78, 5) is 10.7. The molecule has 0 heterocycles. The van der Waals surface area contributed by atoms with Crippen molar-refractivity contribution in [2.24, 2.45) is 0 Å². The quantitative estimate of drug-likeness (QED) is 0.370. The smallest absolute Gasteiger partial charge is 0.303 e. The summed E-state index contributed by atoms with van der Waals surface area (Å²) in [6, 6.07) is 21.8. The summed E-state index contributed by atoms with van der Waals surface area (Å²) < 4.78 is 5.67. The SMILES string of the molecule is CC(C)(Cc1ccc2ccccc2c1)NC[C@@H](O)COc1ccc(CCC(=O)O)cc1C#N.[Na]. The number of aliphatic carboxylic acids is 1. The minimum absolute atomic E-state index is 0. The van der Waals surface area contributed by atoms with Crippen LogP contribution in [-0.4, -0.2) is 70.5 Å². The Kier molecular flexibility index (Phi) is 10.6. The number of carboxylic acid groups (broad SMARTS) is 1. The van der Waals surface area contributed by atoms with Gasteiger partial charge in [0.05, 0.1) is 5.56 Å². The van der Waals surface area contributed by atoms with Crippen LogP contribution in [0.5, 0.6) is 5.75 Å². The summed E-state index contributed by atoms with van der Waals surface area (Å²) in [6.45, 7) is 4.58. The molecule has 7 heteroatoms. The number of nitriles is 1. The average molecular weight is 470 g/mol. The molecule has 34 heavy (non-hydrogen) atoms. The maximum absolute atomic E-state index is 10.7. The van der Waals surface area contributed by atoms with Crippen LogP contribution in [0.3, 0.4) is 0 Å². The predicted octanol–water partition coefficient (Wildman–Crippen LogP) is 3.70. The first kappa shape index (κ1) is 27.8. The van der Waals surface area contributed by atoms with E-state index in [-0.39, 0.29) is 48.1 Å². The summed E-state index contributed by atoms with van der Waals surface area (Å²) in [5.74, 6) is -0.501. The van der Waals surface area contributed by atoms with Crippen LogP contribution in [0.2, 0.25) is 0 Å². The number of rotatable bonds is 11. The van der Waals surface area contributed by atoms with E-state index in [1.807, 2.05) is 12.1 Å². The van der Waals surface area contributed by atoms with Gasteiger partial charge in [0.1, 0.15) is 24.5 Å². The second-order valence-corrected chi connectivity index (χ2v) is 8.92. The number of nitrogens with zero attached hydrogens (tertiary/aromatic N) is 1. The fourth-order valence-corrected chi connectivity index (χ4v) is 3.76. The van der Waals surface area contributed by atoms with E-state index in [0.29, 0.717) is 24.3 Å². The Labute approximate surface area is 222 Å². The van der Waals surface area contributed by atoms with Gasteiger partial charge in [-0.15, -0.1) is 0 Å². The number of nitrogens with one attached hydrogen (secondary N) is 1. The average Bonchev–Trinajstić information content (AvgIpc) is 2.80. The molecular weight excluding hydrogens is 439 g/mol. The Bertz CT molecular complexity index is 1160.